The van der Waals surface area contributed by atoms with Crippen LogP contribution >= 0.6 is 0 Å². The van der Waals surface area contributed by atoms with Gasteiger partial charge in [-0.05, 0) is 45.1 Å². The molecule has 5 nitrogen and oxygen atoms in total. The molecule has 2 atom stereocenters. The molecule has 0 radical (unpaired) electrons. The Morgan fingerprint density at radius 2 is 1.79 bits per heavy atom. The topological polar surface area (TPSA) is 67.2 Å². The van der Waals surface area contributed by atoms with Crippen LogP contribution in [0.15, 0.2) is 12.3 Å². The second-order valence-electron chi connectivity index (χ2n) is 7.05. The van der Waals surface area contributed by atoms with Gasteiger partial charge in [0.05, 0.1) is 24.1 Å². The van der Waals surface area contributed by atoms with Gasteiger partial charge in [0, 0.05) is 19.3 Å². The number of alkyl halides is 1. The van der Waals surface area contributed by atoms with Crippen LogP contribution in [-0.4, -0.2) is 30.9 Å². The van der Waals surface area contributed by atoms with Crippen LogP contribution in [0, 0.1) is 17.2 Å². The van der Waals surface area contributed by atoms with Gasteiger partial charge >= 0.3 is 0 Å². The SMILES string of the molecule is CCCCF.CCOC(OCC)c1ncc(NC(CC)CC(C)CC)cc1C#N. The summed E-state index contributed by atoms with van der Waals surface area (Å²) in [4.78, 5) is 4.44. The molecule has 2 unspecified atom stereocenters. The number of nitriles is 1. The van der Waals surface area contributed by atoms with Crippen molar-refractivity contribution in [3.8, 4) is 6.07 Å². The molecule has 0 saturated heterocycles. The van der Waals surface area contributed by atoms with E-state index < -0.39 is 6.29 Å². The second kappa shape index (κ2) is 17.2. The normalized spacial score (nSPS) is 12.7. The average Bonchev–Trinajstić information content (AvgIpc) is 2.73. The largest absolute Gasteiger partial charge is 0.381 e. The standard InChI is InChI=1S/C19H31N3O2.C4H9F/c1-6-14(5)10-16(7-2)22-17-11-15(12-20)18(21-13-17)19(23-8-3)24-9-4;1-2-3-4-5/h11,13-14,16,19,22H,6-10H2,1-5H3;2-4H2,1H3. The lowest BCUT2D eigenvalue weighted by molar-refractivity contribution is -0.142. The molecule has 1 aromatic heterocycles. The van der Waals surface area contributed by atoms with Gasteiger partial charge in [-0.2, -0.15) is 5.26 Å². The summed E-state index contributed by atoms with van der Waals surface area (Å²) in [7, 11) is 0. The Balaban J connectivity index is 0.00000139. The quantitative estimate of drug-likeness (QED) is 0.381. The van der Waals surface area contributed by atoms with E-state index in [-0.39, 0.29) is 6.67 Å². The number of pyridine rings is 1. The van der Waals surface area contributed by atoms with Crippen LogP contribution in [0.1, 0.15) is 91.2 Å². The van der Waals surface area contributed by atoms with Crippen LogP contribution in [0.2, 0.25) is 0 Å². The maximum Gasteiger partial charge on any atom is 0.202 e. The number of nitrogens with one attached hydrogen (secondary N) is 1. The van der Waals surface area contributed by atoms with Crippen LogP contribution in [0.5, 0.6) is 0 Å². The molecule has 29 heavy (non-hydrogen) atoms. The fraction of sp³-hybridized carbons (Fsp3) is 0.739. The summed E-state index contributed by atoms with van der Waals surface area (Å²) in [6, 6.07) is 4.44. The molecule has 0 spiro atoms. The average molecular weight is 410 g/mol. The van der Waals surface area contributed by atoms with E-state index in [4.69, 9.17) is 9.47 Å². The number of anilines is 1. The molecule has 0 aromatic carbocycles. The lowest BCUT2D eigenvalue weighted by atomic mass is 9.97. The number of halogens is 1. The second-order valence-corrected chi connectivity index (χ2v) is 7.05. The Morgan fingerprint density at radius 1 is 1.14 bits per heavy atom. The van der Waals surface area contributed by atoms with Crippen molar-refractivity contribution in [3.63, 3.8) is 0 Å². The number of ether oxygens (including phenoxy) is 2. The van der Waals surface area contributed by atoms with Crippen LogP contribution in [0.4, 0.5) is 10.1 Å². The minimum atomic E-state index is -0.592. The summed E-state index contributed by atoms with van der Waals surface area (Å²) in [6.45, 7) is 13.3. The zero-order valence-electron chi connectivity index (χ0n) is 19.1. The number of unbranched alkanes of at least 4 members (excludes halogenated alkanes) is 1. The van der Waals surface area contributed by atoms with Crippen LogP contribution in [0.25, 0.3) is 0 Å². The zero-order valence-corrected chi connectivity index (χ0v) is 19.1. The third-order valence-corrected chi connectivity index (χ3v) is 4.63. The number of hydrogen-bond acceptors (Lipinski definition) is 5. The monoisotopic (exact) mass is 409 g/mol. The van der Waals surface area contributed by atoms with E-state index in [0.29, 0.717) is 36.4 Å². The molecule has 0 saturated carbocycles. The van der Waals surface area contributed by atoms with Crippen molar-refractivity contribution < 1.29 is 13.9 Å². The third-order valence-electron chi connectivity index (χ3n) is 4.63. The summed E-state index contributed by atoms with van der Waals surface area (Å²) in [5, 5.41) is 13.0. The van der Waals surface area contributed by atoms with E-state index in [1.54, 1.807) is 6.20 Å². The van der Waals surface area contributed by atoms with Crippen molar-refractivity contribution in [3.05, 3.63) is 23.5 Å². The molecule has 0 aliphatic heterocycles. The Labute approximate surface area is 177 Å². The molecular weight excluding hydrogens is 369 g/mol. The number of hydrogen-bond donors (Lipinski definition) is 1. The van der Waals surface area contributed by atoms with E-state index in [2.05, 4.69) is 37.1 Å². The highest BCUT2D eigenvalue weighted by atomic mass is 19.1. The van der Waals surface area contributed by atoms with E-state index in [1.165, 1.54) is 6.42 Å². The first kappa shape index (κ1) is 27.3. The predicted molar refractivity (Wildman–Crippen MR) is 118 cm³/mol. The number of nitrogens with zero attached hydrogens (tertiary/aromatic N) is 2. The molecule has 0 aliphatic carbocycles. The van der Waals surface area contributed by atoms with Gasteiger partial charge < -0.3 is 14.8 Å². The Bertz CT molecular complexity index is 570. The molecule has 1 aromatic rings. The van der Waals surface area contributed by atoms with Crippen molar-refractivity contribution in [2.45, 2.75) is 86.0 Å². The lowest BCUT2D eigenvalue weighted by Gasteiger charge is -2.22. The summed E-state index contributed by atoms with van der Waals surface area (Å²) in [6.07, 6.45) is 6.18. The minimum Gasteiger partial charge on any atom is -0.381 e. The first-order valence-corrected chi connectivity index (χ1v) is 11.0. The highest BCUT2D eigenvalue weighted by Crippen LogP contribution is 2.24. The van der Waals surface area contributed by atoms with Crippen molar-refractivity contribution in [2.24, 2.45) is 5.92 Å². The summed E-state index contributed by atoms with van der Waals surface area (Å²) in [5.41, 5.74) is 1.91. The molecule has 0 fully saturated rings. The molecule has 0 amide bonds. The van der Waals surface area contributed by atoms with Crippen molar-refractivity contribution in [2.75, 3.05) is 25.2 Å². The fourth-order valence-corrected chi connectivity index (χ4v) is 2.69. The van der Waals surface area contributed by atoms with Gasteiger partial charge in [-0.25, -0.2) is 0 Å². The van der Waals surface area contributed by atoms with Crippen LogP contribution in [0.3, 0.4) is 0 Å². The number of aromatic nitrogens is 1. The molecular formula is C23H40FN3O2. The lowest BCUT2D eigenvalue weighted by Crippen LogP contribution is -2.22. The molecule has 1 heterocycles. The van der Waals surface area contributed by atoms with Gasteiger partial charge in [-0.3, -0.25) is 9.37 Å². The van der Waals surface area contributed by atoms with E-state index in [9.17, 15) is 9.65 Å². The zero-order chi connectivity index (χ0) is 22.1. The van der Waals surface area contributed by atoms with E-state index in [0.717, 1.165) is 31.4 Å². The third kappa shape index (κ3) is 11.2. The molecule has 6 heteroatoms. The maximum atomic E-state index is 11.0. The highest BCUT2D eigenvalue weighted by Gasteiger charge is 2.19. The summed E-state index contributed by atoms with van der Waals surface area (Å²) < 4.78 is 22.1. The Hall–Kier alpha value is -1.71. The predicted octanol–water partition coefficient (Wildman–Crippen LogP) is 6.41. The van der Waals surface area contributed by atoms with Crippen molar-refractivity contribution >= 4 is 5.69 Å². The first-order chi connectivity index (χ1) is 14.0. The van der Waals surface area contributed by atoms with Gasteiger partial charge in [0.2, 0.25) is 6.29 Å². The molecule has 1 N–H and O–H groups in total. The van der Waals surface area contributed by atoms with E-state index in [1.807, 2.05) is 26.8 Å². The molecule has 0 aliphatic rings. The molecule has 166 valence electrons. The van der Waals surface area contributed by atoms with Crippen LogP contribution in [-0.2, 0) is 9.47 Å². The smallest absolute Gasteiger partial charge is 0.202 e. The van der Waals surface area contributed by atoms with Crippen molar-refractivity contribution in [1.29, 1.82) is 5.26 Å². The van der Waals surface area contributed by atoms with Crippen molar-refractivity contribution in [1.82, 2.24) is 4.98 Å². The molecule has 0 bridgehead atoms. The Morgan fingerprint density at radius 3 is 2.21 bits per heavy atom. The maximum absolute atomic E-state index is 11.0. The fourth-order valence-electron chi connectivity index (χ4n) is 2.69. The van der Waals surface area contributed by atoms with Gasteiger partial charge in [-0.15, -0.1) is 0 Å². The highest BCUT2D eigenvalue weighted by molar-refractivity contribution is 5.50. The minimum absolute atomic E-state index is 0.156. The van der Waals surface area contributed by atoms with E-state index >= 15 is 0 Å². The summed E-state index contributed by atoms with van der Waals surface area (Å²) in [5.74, 6) is 0.672. The van der Waals surface area contributed by atoms with Gasteiger partial charge in [0.25, 0.3) is 0 Å². The van der Waals surface area contributed by atoms with Gasteiger partial charge in [0.15, 0.2) is 0 Å². The Kier molecular flexibility index (Phi) is 16.2. The van der Waals surface area contributed by atoms with Gasteiger partial charge in [0.1, 0.15) is 11.8 Å². The first-order valence-electron chi connectivity index (χ1n) is 11.0. The molecule has 1 rings (SSSR count). The number of rotatable bonds is 13. The van der Waals surface area contributed by atoms with Gasteiger partial charge in [-0.1, -0.05) is 40.5 Å². The van der Waals surface area contributed by atoms with Crippen LogP contribution < -0.4 is 5.32 Å². The summed E-state index contributed by atoms with van der Waals surface area (Å²) >= 11 is 0.